The SMILES string of the molecule is CCCCCCCC(=O)N[C@H](CC(N)=O)C(=O)NCCc1cccc(O)c1. The zero-order valence-corrected chi connectivity index (χ0v) is 16.0. The predicted octanol–water partition coefficient (Wildman–Crippen LogP) is 1.77. The number of carbonyl (C=O) groups is 3. The maximum atomic E-state index is 12.3. The molecule has 0 fully saturated rings. The minimum Gasteiger partial charge on any atom is -0.508 e. The molecule has 7 nitrogen and oxygen atoms in total. The Morgan fingerprint density at radius 2 is 1.89 bits per heavy atom. The number of unbranched alkanes of at least 4 members (excludes halogenated alkanes) is 4. The van der Waals surface area contributed by atoms with E-state index in [0.29, 0.717) is 19.4 Å². The molecule has 3 amide bonds. The molecule has 7 heteroatoms. The summed E-state index contributed by atoms with van der Waals surface area (Å²) < 4.78 is 0. The second-order valence-electron chi connectivity index (χ2n) is 6.67. The van der Waals surface area contributed by atoms with Gasteiger partial charge in [0.2, 0.25) is 17.7 Å². The van der Waals surface area contributed by atoms with Crippen LogP contribution in [-0.4, -0.2) is 35.4 Å². The summed E-state index contributed by atoms with van der Waals surface area (Å²) in [6.07, 6.45) is 5.71. The number of aromatic hydroxyl groups is 1. The minimum absolute atomic E-state index is 0.164. The molecule has 150 valence electrons. The highest BCUT2D eigenvalue weighted by atomic mass is 16.3. The van der Waals surface area contributed by atoms with Crippen molar-refractivity contribution in [2.75, 3.05) is 6.54 Å². The average molecular weight is 377 g/mol. The first-order valence-electron chi connectivity index (χ1n) is 9.55. The number of amides is 3. The maximum Gasteiger partial charge on any atom is 0.243 e. The Bertz CT molecular complexity index is 619. The predicted molar refractivity (Wildman–Crippen MR) is 104 cm³/mol. The Kier molecular flexibility index (Phi) is 10.6. The fourth-order valence-corrected chi connectivity index (χ4v) is 2.73. The molecule has 0 saturated carbocycles. The number of nitrogens with two attached hydrogens (primary N) is 1. The van der Waals surface area contributed by atoms with Gasteiger partial charge in [-0.1, -0.05) is 44.7 Å². The van der Waals surface area contributed by atoms with Crippen molar-refractivity contribution in [1.29, 1.82) is 0 Å². The van der Waals surface area contributed by atoms with Crippen LogP contribution in [0.4, 0.5) is 0 Å². The van der Waals surface area contributed by atoms with E-state index in [0.717, 1.165) is 37.7 Å². The highest BCUT2D eigenvalue weighted by Crippen LogP contribution is 2.11. The van der Waals surface area contributed by atoms with Crippen molar-refractivity contribution in [2.45, 2.75) is 64.3 Å². The summed E-state index contributed by atoms with van der Waals surface area (Å²) in [5.74, 6) is -1.17. The number of hydrogen-bond acceptors (Lipinski definition) is 4. The van der Waals surface area contributed by atoms with E-state index >= 15 is 0 Å². The Balaban J connectivity index is 2.43. The van der Waals surface area contributed by atoms with Crippen LogP contribution in [0, 0.1) is 0 Å². The monoisotopic (exact) mass is 377 g/mol. The van der Waals surface area contributed by atoms with Gasteiger partial charge in [-0.25, -0.2) is 0 Å². The third kappa shape index (κ3) is 10.2. The molecule has 0 unspecified atom stereocenters. The highest BCUT2D eigenvalue weighted by molar-refractivity contribution is 5.91. The zero-order valence-electron chi connectivity index (χ0n) is 16.0. The maximum absolute atomic E-state index is 12.3. The number of rotatable bonds is 13. The molecule has 0 spiro atoms. The van der Waals surface area contributed by atoms with Crippen LogP contribution in [0.2, 0.25) is 0 Å². The van der Waals surface area contributed by atoms with Crippen LogP contribution in [0.5, 0.6) is 5.75 Å². The molecule has 0 aliphatic carbocycles. The van der Waals surface area contributed by atoms with E-state index < -0.39 is 17.9 Å². The summed E-state index contributed by atoms with van der Waals surface area (Å²) in [7, 11) is 0. The van der Waals surface area contributed by atoms with Gasteiger partial charge in [-0.05, 0) is 30.5 Å². The molecule has 1 aromatic carbocycles. The Hall–Kier alpha value is -2.57. The van der Waals surface area contributed by atoms with Gasteiger partial charge in [0, 0.05) is 13.0 Å². The summed E-state index contributed by atoms with van der Waals surface area (Å²) in [5.41, 5.74) is 6.07. The average Bonchev–Trinajstić information content (AvgIpc) is 2.60. The van der Waals surface area contributed by atoms with E-state index in [1.807, 2.05) is 6.07 Å². The van der Waals surface area contributed by atoms with Crippen molar-refractivity contribution in [3.05, 3.63) is 29.8 Å². The third-order valence-electron chi connectivity index (χ3n) is 4.19. The molecule has 0 bridgehead atoms. The molecule has 0 aliphatic rings. The molecule has 0 heterocycles. The molecule has 1 atom stereocenters. The number of phenolic OH excluding ortho intramolecular Hbond substituents is 1. The van der Waals surface area contributed by atoms with Crippen molar-refractivity contribution in [3.8, 4) is 5.75 Å². The van der Waals surface area contributed by atoms with Crippen LogP contribution in [-0.2, 0) is 20.8 Å². The van der Waals surface area contributed by atoms with Crippen molar-refractivity contribution in [2.24, 2.45) is 5.73 Å². The number of carbonyl (C=O) groups excluding carboxylic acids is 3. The van der Waals surface area contributed by atoms with E-state index in [2.05, 4.69) is 17.6 Å². The van der Waals surface area contributed by atoms with Crippen molar-refractivity contribution < 1.29 is 19.5 Å². The van der Waals surface area contributed by atoms with E-state index in [1.165, 1.54) is 0 Å². The van der Waals surface area contributed by atoms with Gasteiger partial charge in [0.1, 0.15) is 11.8 Å². The lowest BCUT2D eigenvalue weighted by Crippen LogP contribution is -2.48. The molecule has 1 rings (SSSR count). The van der Waals surface area contributed by atoms with Crippen molar-refractivity contribution >= 4 is 17.7 Å². The van der Waals surface area contributed by atoms with Gasteiger partial charge in [0.25, 0.3) is 0 Å². The van der Waals surface area contributed by atoms with Gasteiger partial charge in [0.15, 0.2) is 0 Å². The second-order valence-corrected chi connectivity index (χ2v) is 6.67. The van der Waals surface area contributed by atoms with Crippen LogP contribution in [0.3, 0.4) is 0 Å². The number of primary amides is 1. The molecule has 1 aromatic rings. The summed E-state index contributed by atoms with van der Waals surface area (Å²) >= 11 is 0. The molecule has 5 N–H and O–H groups in total. The Labute approximate surface area is 160 Å². The Morgan fingerprint density at radius 1 is 1.15 bits per heavy atom. The molecule has 0 saturated heterocycles. The van der Waals surface area contributed by atoms with Gasteiger partial charge in [-0.2, -0.15) is 0 Å². The molecule has 27 heavy (non-hydrogen) atoms. The van der Waals surface area contributed by atoms with E-state index in [9.17, 15) is 19.5 Å². The summed E-state index contributed by atoms with van der Waals surface area (Å²) in [4.78, 5) is 35.6. The first kappa shape index (κ1) is 22.5. The van der Waals surface area contributed by atoms with Crippen LogP contribution < -0.4 is 16.4 Å². The van der Waals surface area contributed by atoms with Crippen LogP contribution in [0.1, 0.15) is 57.4 Å². The van der Waals surface area contributed by atoms with Gasteiger partial charge >= 0.3 is 0 Å². The summed E-state index contributed by atoms with van der Waals surface area (Å²) in [5, 5.41) is 14.7. The topological polar surface area (TPSA) is 122 Å². The smallest absolute Gasteiger partial charge is 0.243 e. The van der Waals surface area contributed by atoms with E-state index in [1.54, 1.807) is 18.2 Å². The van der Waals surface area contributed by atoms with Gasteiger partial charge in [0.05, 0.1) is 6.42 Å². The standard InChI is InChI=1S/C20H31N3O4/c1-2-3-4-5-6-10-19(26)23-17(14-18(21)25)20(27)22-12-11-15-8-7-9-16(24)13-15/h7-9,13,17,24H,2-6,10-12,14H2,1H3,(H2,21,25)(H,22,27)(H,23,26)/t17-/m1/s1. The van der Waals surface area contributed by atoms with Crippen molar-refractivity contribution in [1.82, 2.24) is 10.6 Å². The molecule has 0 radical (unpaired) electrons. The summed E-state index contributed by atoms with van der Waals surface area (Å²) in [6.45, 7) is 2.45. The normalized spacial score (nSPS) is 11.6. The quantitative estimate of drug-likeness (QED) is 0.391. The first-order chi connectivity index (χ1) is 12.9. The fraction of sp³-hybridized carbons (Fsp3) is 0.550. The van der Waals surface area contributed by atoms with Crippen LogP contribution in [0.25, 0.3) is 0 Å². The fourth-order valence-electron chi connectivity index (χ4n) is 2.73. The lowest BCUT2D eigenvalue weighted by Gasteiger charge is -2.17. The molecular weight excluding hydrogens is 346 g/mol. The molecule has 0 aromatic heterocycles. The summed E-state index contributed by atoms with van der Waals surface area (Å²) in [6, 6.07) is 5.79. The van der Waals surface area contributed by atoms with Crippen molar-refractivity contribution in [3.63, 3.8) is 0 Å². The molecule has 0 aliphatic heterocycles. The number of benzene rings is 1. The number of nitrogens with one attached hydrogen (secondary N) is 2. The minimum atomic E-state index is -0.963. The first-order valence-corrected chi connectivity index (χ1v) is 9.55. The van der Waals surface area contributed by atoms with Crippen LogP contribution >= 0.6 is 0 Å². The van der Waals surface area contributed by atoms with Gasteiger partial charge in [-0.3, -0.25) is 14.4 Å². The Morgan fingerprint density at radius 3 is 2.56 bits per heavy atom. The van der Waals surface area contributed by atoms with Crippen LogP contribution in [0.15, 0.2) is 24.3 Å². The van der Waals surface area contributed by atoms with Gasteiger partial charge < -0.3 is 21.5 Å². The number of hydrogen-bond donors (Lipinski definition) is 4. The lowest BCUT2D eigenvalue weighted by molar-refractivity contribution is -0.131. The van der Waals surface area contributed by atoms with E-state index in [-0.39, 0.29) is 18.1 Å². The lowest BCUT2D eigenvalue weighted by atomic mass is 10.1. The zero-order chi connectivity index (χ0) is 20.1. The van der Waals surface area contributed by atoms with Gasteiger partial charge in [-0.15, -0.1) is 0 Å². The second kappa shape index (κ2) is 12.7. The molecular formula is C20H31N3O4. The number of phenols is 1. The largest absolute Gasteiger partial charge is 0.508 e. The highest BCUT2D eigenvalue weighted by Gasteiger charge is 2.22. The third-order valence-corrected chi connectivity index (χ3v) is 4.19. The van der Waals surface area contributed by atoms with E-state index in [4.69, 9.17) is 5.73 Å².